The zero-order valence-electron chi connectivity index (χ0n) is 12.9. The summed E-state index contributed by atoms with van der Waals surface area (Å²) in [5.41, 5.74) is 5.91. The summed E-state index contributed by atoms with van der Waals surface area (Å²) in [7, 11) is 0. The SMILES string of the molecule is CC(C)(C)CC(CN)C(=O)N1CCN2C(=O)CCC2C1. The molecule has 114 valence electrons. The molecule has 2 saturated heterocycles. The van der Waals surface area contributed by atoms with Gasteiger partial charge in [0.05, 0.1) is 5.92 Å². The average molecular weight is 281 g/mol. The summed E-state index contributed by atoms with van der Waals surface area (Å²) in [5, 5.41) is 0. The first-order chi connectivity index (χ1) is 9.31. The number of amides is 2. The highest BCUT2D eigenvalue weighted by Gasteiger charge is 2.38. The summed E-state index contributed by atoms with van der Waals surface area (Å²) >= 11 is 0. The first kappa shape index (κ1) is 15.3. The summed E-state index contributed by atoms with van der Waals surface area (Å²) in [6.07, 6.45) is 2.33. The van der Waals surface area contributed by atoms with E-state index in [4.69, 9.17) is 5.73 Å². The Kier molecular flexibility index (Phi) is 4.37. The first-order valence-corrected chi connectivity index (χ1v) is 7.60. The minimum absolute atomic E-state index is 0.0985. The second kappa shape index (κ2) is 5.72. The van der Waals surface area contributed by atoms with E-state index in [0.29, 0.717) is 32.6 Å². The third-order valence-corrected chi connectivity index (χ3v) is 4.30. The van der Waals surface area contributed by atoms with Crippen LogP contribution in [0, 0.1) is 11.3 Å². The van der Waals surface area contributed by atoms with Gasteiger partial charge >= 0.3 is 0 Å². The summed E-state index contributed by atoms with van der Waals surface area (Å²) in [6, 6.07) is 0.230. The first-order valence-electron chi connectivity index (χ1n) is 7.60. The third kappa shape index (κ3) is 3.32. The summed E-state index contributed by atoms with van der Waals surface area (Å²) in [5.74, 6) is 0.312. The van der Waals surface area contributed by atoms with Crippen LogP contribution in [0.25, 0.3) is 0 Å². The minimum atomic E-state index is -0.0985. The quantitative estimate of drug-likeness (QED) is 0.833. The lowest BCUT2D eigenvalue weighted by Crippen LogP contribution is -2.55. The number of nitrogens with zero attached hydrogens (tertiary/aromatic N) is 2. The average Bonchev–Trinajstić information content (AvgIpc) is 2.75. The normalized spacial score (nSPS) is 24.8. The lowest BCUT2D eigenvalue weighted by Gasteiger charge is -2.39. The van der Waals surface area contributed by atoms with Gasteiger partial charge in [-0.25, -0.2) is 0 Å². The van der Waals surface area contributed by atoms with Crippen molar-refractivity contribution in [1.82, 2.24) is 9.80 Å². The van der Waals surface area contributed by atoms with E-state index in [0.717, 1.165) is 12.8 Å². The van der Waals surface area contributed by atoms with Crippen LogP contribution in [0.3, 0.4) is 0 Å². The molecule has 0 aromatic rings. The Labute approximate surface area is 121 Å². The van der Waals surface area contributed by atoms with Gasteiger partial charge in [0.25, 0.3) is 0 Å². The molecule has 2 aliphatic rings. The van der Waals surface area contributed by atoms with Crippen molar-refractivity contribution < 1.29 is 9.59 Å². The molecule has 0 aromatic heterocycles. The molecular formula is C15H27N3O2. The Morgan fingerprint density at radius 3 is 2.70 bits per heavy atom. The van der Waals surface area contributed by atoms with Gasteiger partial charge in [-0.3, -0.25) is 9.59 Å². The molecule has 2 unspecified atom stereocenters. The van der Waals surface area contributed by atoms with E-state index in [9.17, 15) is 9.59 Å². The predicted octanol–water partition coefficient (Wildman–Crippen LogP) is 0.831. The maximum atomic E-state index is 12.6. The second-order valence-electron chi connectivity index (χ2n) is 7.26. The van der Waals surface area contributed by atoms with Crippen molar-refractivity contribution in [2.75, 3.05) is 26.2 Å². The topological polar surface area (TPSA) is 66.6 Å². The highest BCUT2D eigenvalue weighted by Crippen LogP contribution is 2.27. The smallest absolute Gasteiger partial charge is 0.227 e. The fraction of sp³-hybridized carbons (Fsp3) is 0.867. The molecule has 20 heavy (non-hydrogen) atoms. The van der Waals surface area contributed by atoms with Gasteiger partial charge in [-0.1, -0.05) is 20.8 Å². The van der Waals surface area contributed by atoms with Crippen molar-refractivity contribution in [3.05, 3.63) is 0 Å². The fourth-order valence-corrected chi connectivity index (χ4v) is 3.33. The Morgan fingerprint density at radius 1 is 1.40 bits per heavy atom. The Hall–Kier alpha value is -1.10. The van der Waals surface area contributed by atoms with Crippen molar-refractivity contribution in [2.45, 2.75) is 46.1 Å². The second-order valence-corrected chi connectivity index (χ2v) is 7.26. The van der Waals surface area contributed by atoms with Crippen molar-refractivity contribution in [2.24, 2.45) is 17.1 Å². The molecule has 2 aliphatic heterocycles. The molecular weight excluding hydrogens is 254 g/mol. The molecule has 2 fully saturated rings. The van der Waals surface area contributed by atoms with Crippen LogP contribution in [0.1, 0.15) is 40.0 Å². The number of piperazine rings is 1. The molecule has 2 N–H and O–H groups in total. The molecule has 2 atom stereocenters. The largest absolute Gasteiger partial charge is 0.339 e. The van der Waals surface area contributed by atoms with Crippen LogP contribution in [0.5, 0.6) is 0 Å². The van der Waals surface area contributed by atoms with Gasteiger partial charge in [-0.05, 0) is 18.3 Å². The monoisotopic (exact) mass is 281 g/mol. The molecule has 0 radical (unpaired) electrons. The van der Waals surface area contributed by atoms with Crippen molar-refractivity contribution in [3.8, 4) is 0 Å². The predicted molar refractivity (Wildman–Crippen MR) is 77.9 cm³/mol. The zero-order valence-corrected chi connectivity index (χ0v) is 12.9. The van der Waals surface area contributed by atoms with Crippen LogP contribution in [0.15, 0.2) is 0 Å². The van der Waals surface area contributed by atoms with Crippen molar-refractivity contribution in [1.29, 1.82) is 0 Å². The molecule has 2 amide bonds. The molecule has 0 aliphatic carbocycles. The molecule has 0 saturated carbocycles. The lowest BCUT2D eigenvalue weighted by molar-refractivity contribution is -0.142. The van der Waals surface area contributed by atoms with Gasteiger partial charge in [0.1, 0.15) is 0 Å². The highest BCUT2D eigenvalue weighted by molar-refractivity contribution is 5.81. The van der Waals surface area contributed by atoms with Crippen LogP contribution in [-0.4, -0.2) is 53.8 Å². The molecule has 2 heterocycles. The van der Waals surface area contributed by atoms with E-state index in [2.05, 4.69) is 20.8 Å². The van der Waals surface area contributed by atoms with E-state index < -0.39 is 0 Å². The van der Waals surface area contributed by atoms with E-state index in [1.54, 1.807) is 0 Å². The molecule has 5 heteroatoms. The lowest BCUT2D eigenvalue weighted by atomic mass is 9.84. The van der Waals surface area contributed by atoms with Crippen molar-refractivity contribution in [3.63, 3.8) is 0 Å². The van der Waals surface area contributed by atoms with Gasteiger partial charge < -0.3 is 15.5 Å². The molecule has 5 nitrogen and oxygen atoms in total. The molecule has 0 spiro atoms. The van der Waals surface area contributed by atoms with E-state index >= 15 is 0 Å². The van der Waals surface area contributed by atoms with Crippen LogP contribution >= 0.6 is 0 Å². The Bertz CT molecular complexity index is 389. The van der Waals surface area contributed by atoms with Gasteiger partial charge in [-0.15, -0.1) is 0 Å². The summed E-state index contributed by atoms with van der Waals surface area (Å²) in [6.45, 7) is 8.83. The number of carbonyl (C=O) groups is 2. The standard InChI is InChI=1S/C15H27N3O2/c1-15(2,3)8-11(9-16)14(20)17-6-7-18-12(10-17)4-5-13(18)19/h11-12H,4-10,16H2,1-3H3. The molecule has 0 aromatic carbocycles. The maximum Gasteiger partial charge on any atom is 0.227 e. The van der Waals surface area contributed by atoms with Gasteiger partial charge in [-0.2, -0.15) is 0 Å². The number of hydrogen-bond acceptors (Lipinski definition) is 3. The highest BCUT2D eigenvalue weighted by atomic mass is 16.2. The molecule has 2 rings (SSSR count). The minimum Gasteiger partial charge on any atom is -0.339 e. The van der Waals surface area contributed by atoms with Gasteiger partial charge in [0.15, 0.2) is 0 Å². The van der Waals surface area contributed by atoms with E-state index in [-0.39, 0.29) is 29.2 Å². The number of rotatable bonds is 3. The Morgan fingerprint density at radius 2 is 2.10 bits per heavy atom. The van der Waals surface area contributed by atoms with Crippen LogP contribution < -0.4 is 5.73 Å². The van der Waals surface area contributed by atoms with E-state index in [1.807, 2.05) is 9.80 Å². The van der Waals surface area contributed by atoms with Crippen LogP contribution in [-0.2, 0) is 9.59 Å². The van der Waals surface area contributed by atoms with Gasteiger partial charge in [0.2, 0.25) is 11.8 Å². The maximum absolute atomic E-state index is 12.6. The van der Waals surface area contributed by atoms with Crippen LogP contribution in [0.2, 0.25) is 0 Å². The third-order valence-electron chi connectivity index (χ3n) is 4.30. The number of fused-ring (bicyclic) bond motifs is 1. The number of carbonyl (C=O) groups excluding carboxylic acids is 2. The summed E-state index contributed by atoms with van der Waals surface area (Å²) < 4.78 is 0. The van der Waals surface area contributed by atoms with E-state index in [1.165, 1.54) is 0 Å². The van der Waals surface area contributed by atoms with Crippen LogP contribution in [0.4, 0.5) is 0 Å². The number of hydrogen-bond donors (Lipinski definition) is 1. The Balaban J connectivity index is 1.97. The number of nitrogens with two attached hydrogens (primary N) is 1. The molecule has 0 bridgehead atoms. The van der Waals surface area contributed by atoms with Crippen molar-refractivity contribution >= 4 is 11.8 Å². The summed E-state index contributed by atoms with van der Waals surface area (Å²) in [4.78, 5) is 28.1. The fourth-order valence-electron chi connectivity index (χ4n) is 3.33. The zero-order chi connectivity index (χ0) is 14.9. The van der Waals surface area contributed by atoms with Gasteiger partial charge in [0, 0.05) is 38.6 Å².